The van der Waals surface area contributed by atoms with Gasteiger partial charge in [-0.25, -0.2) is 0 Å². The average molecular weight is 217 g/mol. The zero-order valence-corrected chi connectivity index (χ0v) is 8.95. The van der Waals surface area contributed by atoms with Crippen LogP contribution in [0.5, 0.6) is 0 Å². The summed E-state index contributed by atoms with van der Waals surface area (Å²) < 4.78 is 6.51. The lowest BCUT2D eigenvalue weighted by Crippen LogP contribution is -2.10. The SMILES string of the molecule is Cc1coc(C(C)(C)C)c1Br. The summed E-state index contributed by atoms with van der Waals surface area (Å²) in [4.78, 5) is 0. The third kappa shape index (κ3) is 1.67. The molecule has 11 heavy (non-hydrogen) atoms. The predicted molar refractivity (Wildman–Crippen MR) is 49.8 cm³/mol. The van der Waals surface area contributed by atoms with Gasteiger partial charge in [-0.3, -0.25) is 0 Å². The molecule has 0 aliphatic carbocycles. The van der Waals surface area contributed by atoms with Crippen LogP contribution in [0, 0.1) is 6.92 Å². The van der Waals surface area contributed by atoms with Gasteiger partial charge >= 0.3 is 0 Å². The largest absolute Gasteiger partial charge is 0.467 e. The highest BCUT2D eigenvalue weighted by atomic mass is 79.9. The van der Waals surface area contributed by atoms with Crippen molar-refractivity contribution < 1.29 is 4.42 Å². The van der Waals surface area contributed by atoms with E-state index in [0.717, 1.165) is 15.8 Å². The summed E-state index contributed by atoms with van der Waals surface area (Å²) in [6.07, 6.45) is 1.78. The Hall–Kier alpha value is -0.240. The summed E-state index contributed by atoms with van der Waals surface area (Å²) in [6.45, 7) is 8.44. The molecule has 1 rings (SSSR count). The second-order valence-corrected chi connectivity index (χ2v) is 4.60. The van der Waals surface area contributed by atoms with Crippen LogP contribution < -0.4 is 0 Å². The molecule has 0 spiro atoms. The van der Waals surface area contributed by atoms with Gasteiger partial charge in [-0.1, -0.05) is 20.8 Å². The van der Waals surface area contributed by atoms with Gasteiger partial charge in [0.15, 0.2) is 0 Å². The monoisotopic (exact) mass is 216 g/mol. The Kier molecular flexibility index (Phi) is 2.15. The number of aryl methyl sites for hydroxylation is 1. The van der Waals surface area contributed by atoms with Crippen LogP contribution in [0.1, 0.15) is 32.1 Å². The van der Waals surface area contributed by atoms with Crippen LogP contribution >= 0.6 is 15.9 Å². The summed E-state index contributed by atoms with van der Waals surface area (Å²) in [6, 6.07) is 0. The average Bonchev–Trinajstić information content (AvgIpc) is 2.11. The Morgan fingerprint density at radius 1 is 1.36 bits per heavy atom. The molecule has 0 aliphatic rings. The number of rotatable bonds is 0. The van der Waals surface area contributed by atoms with E-state index in [2.05, 4.69) is 36.7 Å². The number of hydrogen-bond acceptors (Lipinski definition) is 1. The molecule has 0 saturated heterocycles. The van der Waals surface area contributed by atoms with E-state index in [4.69, 9.17) is 4.42 Å². The third-order valence-electron chi connectivity index (χ3n) is 1.58. The van der Waals surface area contributed by atoms with Crippen molar-refractivity contribution in [1.29, 1.82) is 0 Å². The Labute approximate surface area is 75.9 Å². The van der Waals surface area contributed by atoms with E-state index in [9.17, 15) is 0 Å². The maximum Gasteiger partial charge on any atom is 0.123 e. The van der Waals surface area contributed by atoms with Gasteiger partial charge in [0.05, 0.1) is 10.7 Å². The fourth-order valence-electron chi connectivity index (χ4n) is 0.936. The number of furan rings is 1. The normalized spacial score (nSPS) is 12.1. The first-order valence-electron chi connectivity index (χ1n) is 3.67. The predicted octanol–water partition coefficient (Wildman–Crippen LogP) is 3.65. The molecule has 0 aromatic carbocycles. The van der Waals surface area contributed by atoms with Gasteiger partial charge in [-0.15, -0.1) is 0 Å². The van der Waals surface area contributed by atoms with Crippen molar-refractivity contribution >= 4 is 15.9 Å². The maximum absolute atomic E-state index is 5.41. The molecule has 0 atom stereocenters. The highest BCUT2D eigenvalue weighted by Gasteiger charge is 2.21. The van der Waals surface area contributed by atoms with Crippen LogP contribution in [0.25, 0.3) is 0 Å². The minimum atomic E-state index is 0.0904. The van der Waals surface area contributed by atoms with Crippen LogP contribution in [-0.4, -0.2) is 0 Å². The molecule has 62 valence electrons. The molecular formula is C9H13BrO. The van der Waals surface area contributed by atoms with Gasteiger partial charge in [0.25, 0.3) is 0 Å². The lowest BCUT2D eigenvalue weighted by atomic mass is 9.93. The molecule has 0 amide bonds. The summed E-state index contributed by atoms with van der Waals surface area (Å²) in [7, 11) is 0. The quantitative estimate of drug-likeness (QED) is 0.646. The van der Waals surface area contributed by atoms with E-state index >= 15 is 0 Å². The molecule has 1 aromatic heterocycles. The van der Waals surface area contributed by atoms with Crippen molar-refractivity contribution in [2.75, 3.05) is 0 Å². The smallest absolute Gasteiger partial charge is 0.123 e. The summed E-state index contributed by atoms with van der Waals surface area (Å²) >= 11 is 3.49. The van der Waals surface area contributed by atoms with Gasteiger partial charge in [0, 0.05) is 11.0 Å². The van der Waals surface area contributed by atoms with Crippen LogP contribution in [-0.2, 0) is 5.41 Å². The van der Waals surface area contributed by atoms with E-state index in [-0.39, 0.29) is 5.41 Å². The maximum atomic E-state index is 5.41. The third-order valence-corrected chi connectivity index (χ3v) is 2.57. The van der Waals surface area contributed by atoms with Crippen LogP contribution in [0.2, 0.25) is 0 Å². The van der Waals surface area contributed by atoms with Gasteiger partial charge in [-0.2, -0.15) is 0 Å². The summed E-state index contributed by atoms with van der Waals surface area (Å²) in [5.74, 6) is 1.02. The zero-order chi connectivity index (χ0) is 8.65. The van der Waals surface area contributed by atoms with E-state index in [1.165, 1.54) is 0 Å². The molecule has 2 heteroatoms. The van der Waals surface area contributed by atoms with Crippen molar-refractivity contribution in [3.8, 4) is 0 Å². The van der Waals surface area contributed by atoms with Crippen LogP contribution in [0.15, 0.2) is 15.2 Å². The van der Waals surface area contributed by atoms with E-state index < -0.39 is 0 Å². The minimum absolute atomic E-state index is 0.0904. The molecule has 1 heterocycles. The van der Waals surface area contributed by atoms with Crippen molar-refractivity contribution in [3.63, 3.8) is 0 Å². The first-order valence-corrected chi connectivity index (χ1v) is 4.46. The Balaban J connectivity index is 3.15. The van der Waals surface area contributed by atoms with Gasteiger partial charge in [0.2, 0.25) is 0 Å². The minimum Gasteiger partial charge on any atom is -0.467 e. The van der Waals surface area contributed by atoms with Crippen molar-refractivity contribution in [2.24, 2.45) is 0 Å². The fourth-order valence-corrected chi connectivity index (χ4v) is 1.72. The van der Waals surface area contributed by atoms with Crippen molar-refractivity contribution in [3.05, 3.63) is 22.1 Å². The zero-order valence-electron chi connectivity index (χ0n) is 7.36. The van der Waals surface area contributed by atoms with Crippen molar-refractivity contribution in [1.82, 2.24) is 0 Å². The highest BCUT2D eigenvalue weighted by Crippen LogP contribution is 2.32. The Bertz CT molecular complexity index is 255. The van der Waals surface area contributed by atoms with Gasteiger partial charge in [0.1, 0.15) is 5.76 Å². The van der Waals surface area contributed by atoms with E-state index in [1.807, 2.05) is 6.92 Å². The molecule has 0 N–H and O–H groups in total. The lowest BCUT2D eigenvalue weighted by molar-refractivity contribution is 0.406. The molecule has 0 radical (unpaired) electrons. The van der Waals surface area contributed by atoms with Crippen molar-refractivity contribution in [2.45, 2.75) is 33.1 Å². The highest BCUT2D eigenvalue weighted by molar-refractivity contribution is 9.10. The first-order chi connectivity index (χ1) is 4.93. The second kappa shape index (κ2) is 2.67. The van der Waals surface area contributed by atoms with Crippen LogP contribution in [0.4, 0.5) is 0 Å². The van der Waals surface area contributed by atoms with Crippen LogP contribution in [0.3, 0.4) is 0 Å². The van der Waals surface area contributed by atoms with Gasteiger partial charge < -0.3 is 4.42 Å². The fraction of sp³-hybridized carbons (Fsp3) is 0.556. The van der Waals surface area contributed by atoms with E-state index in [0.29, 0.717) is 0 Å². The molecule has 0 aliphatic heterocycles. The number of hydrogen-bond donors (Lipinski definition) is 0. The topological polar surface area (TPSA) is 13.1 Å². The van der Waals surface area contributed by atoms with E-state index in [1.54, 1.807) is 6.26 Å². The first kappa shape index (κ1) is 8.85. The molecular weight excluding hydrogens is 204 g/mol. The molecule has 0 fully saturated rings. The number of halogens is 1. The van der Waals surface area contributed by atoms with Gasteiger partial charge in [-0.05, 0) is 22.9 Å². The summed E-state index contributed by atoms with van der Waals surface area (Å²) in [5.41, 5.74) is 1.25. The Morgan fingerprint density at radius 3 is 2.09 bits per heavy atom. The Morgan fingerprint density at radius 2 is 1.91 bits per heavy atom. The molecule has 0 bridgehead atoms. The lowest BCUT2D eigenvalue weighted by Gasteiger charge is -2.15. The second-order valence-electron chi connectivity index (χ2n) is 3.81. The molecule has 0 unspecified atom stereocenters. The standard InChI is InChI=1S/C9H13BrO/c1-6-5-11-8(7(6)10)9(2,3)4/h5H,1-4H3. The molecule has 1 aromatic rings. The molecule has 0 saturated carbocycles. The summed E-state index contributed by atoms with van der Waals surface area (Å²) in [5, 5.41) is 0. The molecule has 1 nitrogen and oxygen atoms in total.